The van der Waals surface area contributed by atoms with Gasteiger partial charge in [-0.1, -0.05) is 67.1 Å². The quantitative estimate of drug-likeness (QED) is 0.302. The Morgan fingerprint density at radius 1 is 1.00 bits per heavy atom. The number of carbonyl (C=O) groups is 3. The minimum Gasteiger partial charge on any atom is -0.508 e. The first-order valence-electron chi connectivity index (χ1n) is 14.3. The van der Waals surface area contributed by atoms with Gasteiger partial charge in [0.2, 0.25) is 5.91 Å². The number of aromatic hydroxyl groups is 1. The van der Waals surface area contributed by atoms with E-state index in [9.17, 15) is 24.6 Å². The number of thioether (sulfide) groups is 1. The van der Waals surface area contributed by atoms with Crippen molar-refractivity contribution in [3.63, 3.8) is 0 Å². The highest BCUT2D eigenvalue weighted by Gasteiger charge is 2.57. The number of rotatable bonds is 9. The Labute approximate surface area is 250 Å². The van der Waals surface area contributed by atoms with Crippen LogP contribution in [0.25, 0.3) is 0 Å². The van der Waals surface area contributed by atoms with Crippen LogP contribution in [0.3, 0.4) is 0 Å². The average Bonchev–Trinajstić information content (AvgIpc) is 3.39. The molecule has 220 valence electrons. The van der Waals surface area contributed by atoms with Gasteiger partial charge in [0, 0.05) is 22.4 Å². The number of nitrogens with zero attached hydrogens (tertiary/aromatic N) is 1. The molecule has 0 radical (unpaired) electrons. The lowest BCUT2D eigenvalue weighted by Gasteiger charge is -2.43. The van der Waals surface area contributed by atoms with Gasteiger partial charge in [-0.15, -0.1) is 11.8 Å². The molecule has 1 saturated carbocycles. The molecule has 5 rings (SSSR count). The summed E-state index contributed by atoms with van der Waals surface area (Å²) in [6.45, 7) is 3.98. The van der Waals surface area contributed by atoms with Gasteiger partial charge in [0.05, 0.1) is 11.9 Å². The summed E-state index contributed by atoms with van der Waals surface area (Å²) in [5.74, 6) is -1.05. The summed E-state index contributed by atoms with van der Waals surface area (Å²) >= 11 is 1.59. The molecule has 0 unspecified atom stereocenters. The summed E-state index contributed by atoms with van der Waals surface area (Å²) < 4.78 is -0.373. The Kier molecular flexibility index (Phi) is 8.89. The second-order valence-corrected chi connectivity index (χ2v) is 12.6. The van der Waals surface area contributed by atoms with Crippen molar-refractivity contribution in [1.29, 1.82) is 0 Å². The maximum atomic E-state index is 14.0. The normalized spacial score (nSPS) is 18.6. The van der Waals surface area contributed by atoms with Gasteiger partial charge in [0.15, 0.2) is 6.10 Å². The van der Waals surface area contributed by atoms with E-state index in [0.717, 1.165) is 36.0 Å². The monoisotopic (exact) mass is 587 g/mol. The zero-order chi connectivity index (χ0) is 29.9. The van der Waals surface area contributed by atoms with Crippen molar-refractivity contribution in [3.8, 4) is 5.75 Å². The van der Waals surface area contributed by atoms with E-state index in [1.165, 1.54) is 11.0 Å². The molecule has 0 aromatic heterocycles. The van der Waals surface area contributed by atoms with Crippen molar-refractivity contribution < 1.29 is 24.6 Å². The first kappa shape index (κ1) is 29.7. The molecule has 1 aliphatic heterocycles. The summed E-state index contributed by atoms with van der Waals surface area (Å²) in [7, 11) is 0. The molecule has 1 saturated heterocycles. The van der Waals surface area contributed by atoms with Crippen LogP contribution in [0.5, 0.6) is 5.75 Å². The third-order valence-electron chi connectivity index (χ3n) is 8.55. The predicted octanol–water partition coefficient (Wildman–Crippen LogP) is 3.85. The molecule has 1 aliphatic carbocycles. The molecular formula is C33H37N3O5S. The number of benzene rings is 3. The molecule has 4 N–H and O–H groups in total. The van der Waals surface area contributed by atoms with E-state index in [1.54, 1.807) is 30.8 Å². The molecule has 2 fully saturated rings. The maximum Gasteiger partial charge on any atom is 0.254 e. The fraction of sp³-hybridized carbons (Fsp3) is 0.364. The fourth-order valence-electron chi connectivity index (χ4n) is 5.80. The van der Waals surface area contributed by atoms with Crippen LogP contribution in [0.1, 0.15) is 51.9 Å². The van der Waals surface area contributed by atoms with Gasteiger partial charge in [-0.3, -0.25) is 14.4 Å². The van der Waals surface area contributed by atoms with Crippen molar-refractivity contribution in [1.82, 2.24) is 15.5 Å². The Bertz CT molecular complexity index is 1460. The maximum absolute atomic E-state index is 14.0. The number of hydrogen-bond acceptors (Lipinski definition) is 6. The molecule has 3 atom stereocenters. The highest BCUT2D eigenvalue weighted by molar-refractivity contribution is 8.01. The fourth-order valence-corrected chi connectivity index (χ4v) is 7.45. The van der Waals surface area contributed by atoms with Crippen molar-refractivity contribution >= 4 is 29.5 Å². The molecule has 3 aromatic rings. The lowest BCUT2D eigenvalue weighted by Crippen LogP contribution is -2.61. The first-order valence-corrected chi connectivity index (χ1v) is 15.3. The molecule has 3 amide bonds. The van der Waals surface area contributed by atoms with Crippen LogP contribution in [0.4, 0.5) is 0 Å². The first-order chi connectivity index (χ1) is 20.2. The lowest BCUT2D eigenvalue weighted by atomic mass is 9.77. The van der Waals surface area contributed by atoms with Crippen LogP contribution in [-0.2, 0) is 22.6 Å². The predicted molar refractivity (Wildman–Crippen MR) is 163 cm³/mol. The topological polar surface area (TPSA) is 119 Å². The van der Waals surface area contributed by atoms with Crippen LogP contribution in [0, 0.1) is 13.8 Å². The van der Waals surface area contributed by atoms with Crippen LogP contribution in [0.2, 0.25) is 0 Å². The molecule has 1 heterocycles. The van der Waals surface area contributed by atoms with E-state index < -0.39 is 30.0 Å². The van der Waals surface area contributed by atoms with Gasteiger partial charge in [-0.2, -0.15) is 0 Å². The number of hydrogen-bond donors (Lipinski definition) is 4. The van der Waals surface area contributed by atoms with E-state index in [2.05, 4.69) is 10.6 Å². The molecule has 2 aliphatic rings. The van der Waals surface area contributed by atoms with Gasteiger partial charge < -0.3 is 25.7 Å². The number of aryl methyl sites for hydroxylation is 1. The smallest absolute Gasteiger partial charge is 0.254 e. The van der Waals surface area contributed by atoms with E-state index >= 15 is 0 Å². The van der Waals surface area contributed by atoms with E-state index in [1.807, 2.05) is 61.5 Å². The number of nitrogens with one attached hydrogen (secondary N) is 2. The summed E-state index contributed by atoms with van der Waals surface area (Å²) in [6, 6.07) is 20.1. The van der Waals surface area contributed by atoms with Crippen molar-refractivity contribution in [2.24, 2.45) is 0 Å². The van der Waals surface area contributed by atoms with Gasteiger partial charge in [0.25, 0.3) is 11.8 Å². The Morgan fingerprint density at radius 2 is 1.71 bits per heavy atom. The summed E-state index contributed by atoms with van der Waals surface area (Å²) in [5.41, 5.74) is 3.57. The number of carbonyl (C=O) groups excluding carboxylic acids is 3. The third kappa shape index (κ3) is 6.03. The van der Waals surface area contributed by atoms with Gasteiger partial charge >= 0.3 is 0 Å². The average molecular weight is 588 g/mol. The SMILES string of the molecule is Cc1ccccc1CNC(=O)[C@@H]1N(C(=O)[C@@H](O)[C@H](Cc2ccccc2)NC(=O)c2cccc(O)c2C)CSC12CCC2. The zero-order valence-corrected chi connectivity index (χ0v) is 24.7. The minimum atomic E-state index is -1.59. The van der Waals surface area contributed by atoms with Gasteiger partial charge in [-0.25, -0.2) is 0 Å². The number of aliphatic hydroxyl groups excluding tert-OH is 1. The number of phenolic OH excluding ortho intramolecular Hbond substituents is 1. The molecular weight excluding hydrogens is 550 g/mol. The van der Waals surface area contributed by atoms with Gasteiger partial charge in [-0.05, 0) is 61.9 Å². The Balaban J connectivity index is 1.37. The molecule has 0 bridgehead atoms. The molecule has 9 heteroatoms. The van der Waals surface area contributed by atoms with Crippen LogP contribution in [0.15, 0.2) is 72.8 Å². The van der Waals surface area contributed by atoms with E-state index in [4.69, 9.17) is 0 Å². The molecule has 8 nitrogen and oxygen atoms in total. The van der Waals surface area contributed by atoms with Crippen LogP contribution < -0.4 is 10.6 Å². The second-order valence-electron chi connectivity index (χ2n) is 11.2. The lowest BCUT2D eigenvalue weighted by molar-refractivity contribution is -0.148. The summed E-state index contributed by atoms with van der Waals surface area (Å²) in [4.78, 5) is 42.5. The number of aliphatic hydroxyl groups is 1. The third-order valence-corrected chi connectivity index (χ3v) is 10.2. The standard InChI is InChI=1S/C33H37N3O5S/c1-21-10-6-7-13-24(21)19-34-31(40)29-33(16-9-17-33)42-20-36(29)32(41)28(38)26(18-23-11-4-3-5-12-23)35-30(39)25-14-8-15-27(37)22(25)2/h3-8,10-15,26,28-29,37-38H,9,16-20H2,1-2H3,(H,34,40)(H,35,39)/t26-,28-,29-/m0/s1. The molecule has 3 aromatic carbocycles. The highest BCUT2D eigenvalue weighted by atomic mass is 32.2. The largest absolute Gasteiger partial charge is 0.508 e. The summed E-state index contributed by atoms with van der Waals surface area (Å²) in [5, 5.41) is 27.5. The van der Waals surface area contributed by atoms with E-state index in [0.29, 0.717) is 12.1 Å². The number of amides is 3. The molecule has 1 spiro atoms. The highest BCUT2D eigenvalue weighted by Crippen LogP contribution is 2.53. The Morgan fingerprint density at radius 3 is 2.40 bits per heavy atom. The van der Waals surface area contributed by atoms with Crippen LogP contribution in [-0.4, -0.2) is 61.6 Å². The van der Waals surface area contributed by atoms with E-state index in [-0.39, 0.29) is 34.3 Å². The van der Waals surface area contributed by atoms with Crippen molar-refractivity contribution in [2.45, 2.75) is 69.0 Å². The van der Waals surface area contributed by atoms with Crippen molar-refractivity contribution in [2.75, 3.05) is 5.88 Å². The Hall–Kier alpha value is -3.82. The van der Waals surface area contributed by atoms with Gasteiger partial charge in [0.1, 0.15) is 11.8 Å². The van der Waals surface area contributed by atoms with Crippen molar-refractivity contribution in [3.05, 3.63) is 101 Å². The summed E-state index contributed by atoms with van der Waals surface area (Å²) in [6.07, 6.45) is 1.24. The molecule has 42 heavy (non-hydrogen) atoms. The van der Waals surface area contributed by atoms with Crippen LogP contribution >= 0.6 is 11.8 Å². The second kappa shape index (κ2) is 12.6. The number of phenols is 1. The minimum absolute atomic E-state index is 0.0154. The zero-order valence-electron chi connectivity index (χ0n) is 23.9.